The molecule has 6 aromatic rings. The zero-order valence-electron chi connectivity index (χ0n) is 17.5. The normalized spacial score (nSPS) is 12.2. The second-order valence-corrected chi connectivity index (χ2v) is 10.9. The number of benzene rings is 6. The molecule has 0 aliphatic heterocycles. The van der Waals surface area contributed by atoms with Crippen LogP contribution >= 0.6 is 7.14 Å². The van der Waals surface area contributed by atoms with Crippen molar-refractivity contribution in [1.29, 1.82) is 0 Å². The van der Waals surface area contributed by atoms with Gasteiger partial charge in [-0.3, -0.25) is 0 Å². The van der Waals surface area contributed by atoms with Crippen LogP contribution in [0.1, 0.15) is 0 Å². The van der Waals surface area contributed by atoms with Gasteiger partial charge in [0.15, 0.2) is 7.14 Å². The van der Waals surface area contributed by atoms with Gasteiger partial charge in [-0.2, -0.15) is 0 Å². The molecule has 34 heavy (non-hydrogen) atoms. The van der Waals surface area contributed by atoms with Crippen LogP contribution in [0.3, 0.4) is 0 Å². The third-order valence-electron chi connectivity index (χ3n) is 6.34. The molecule has 0 atom stereocenters. The monoisotopic (exact) mass is 474 g/mol. The van der Waals surface area contributed by atoms with Gasteiger partial charge in [-0.15, -0.1) is 0 Å². The van der Waals surface area contributed by atoms with E-state index in [9.17, 15) is 13.3 Å². The van der Waals surface area contributed by atoms with Crippen LogP contribution in [0.4, 0.5) is 17.6 Å². The lowest BCUT2D eigenvalue weighted by atomic mass is 9.94. The Hall–Kier alpha value is -3.69. The molecule has 0 saturated heterocycles. The van der Waals surface area contributed by atoms with Crippen molar-refractivity contribution in [1.82, 2.24) is 0 Å². The maximum absolute atomic E-state index is 15.1. The highest BCUT2D eigenvalue weighted by Crippen LogP contribution is 2.47. The average Bonchev–Trinajstić information content (AvgIpc) is 2.82. The van der Waals surface area contributed by atoms with Gasteiger partial charge in [0.25, 0.3) is 0 Å². The Labute approximate surface area is 192 Å². The summed E-state index contributed by atoms with van der Waals surface area (Å²) in [6, 6.07) is 22.2. The first-order chi connectivity index (χ1) is 16.4. The molecule has 0 amide bonds. The van der Waals surface area contributed by atoms with Crippen molar-refractivity contribution in [2.24, 2.45) is 0 Å². The summed E-state index contributed by atoms with van der Waals surface area (Å²) in [7, 11) is -4.23. The van der Waals surface area contributed by atoms with Gasteiger partial charge in [0.2, 0.25) is 0 Å². The van der Waals surface area contributed by atoms with Crippen molar-refractivity contribution in [2.75, 3.05) is 0 Å². The van der Waals surface area contributed by atoms with Crippen LogP contribution in [0.15, 0.2) is 91.0 Å². The maximum Gasteiger partial charge on any atom is 0.177 e. The Balaban J connectivity index is 1.79. The van der Waals surface area contributed by atoms with Crippen molar-refractivity contribution in [3.8, 4) is 0 Å². The fraction of sp³-hybridized carbons (Fsp3) is 0. The fourth-order valence-corrected chi connectivity index (χ4v) is 7.75. The van der Waals surface area contributed by atoms with Gasteiger partial charge in [0, 0.05) is 17.4 Å². The third-order valence-corrected chi connectivity index (χ3v) is 9.49. The molecule has 6 aromatic carbocycles. The Morgan fingerprint density at radius 2 is 0.971 bits per heavy atom. The molecule has 6 heteroatoms. The highest BCUT2D eigenvalue weighted by atomic mass is 31.2. The van der Waals surface area contributed by atoms with Crippen LogP contribution in [0, 0.1) is 23.3 Å². The van der Waals surface area contributed by atoms with Crippen molar-refractivity contribution in [3.63, 3.8) is 0 Å². The third kappa shape index (κ3) is 2.90. The van der Waals surface area contributed by atoms with E-state index in [0.717, 1.165) is 51.2 Å². The average molecular weight is 474 g/mol. The molecular formula is C28H15F4OP. The van der Waals surface area contributed by atoms with Crippen LogP contribution in [0.25, 0.3) is 32.3 Å². The molecular weight excluding hydrogens is 459 g/mol. The van der Waals surface area contributed by atoms with E-state index in [-0.39, 0.29) is 15.9 Å². The minimum absolute atomic E-state index is 0.203. The highest BCUT2D eigenvalue weighted by molar-refractivity contribution is 7.85. The van der Waals surface area contributed by atoms with Gasteiger partial charge in [0.05, 0.1) is 10.6 Å². The highest BCUT2D eigenvalue weighted by Gasteiger charge is 2.37. The van der Waals surface area contributed by atoms with E-state index in [1.165, 1.54) is 0 Å². The summed E-state index contributed by atoms with van der Waals surface area (Å²) in [6.07, 6.45) is 0. The van der Waals surface area contributed by atoms with E-state index in [2.05, 4.69) is 0 Å². The van der Waals surface area contributed by atoms with E-state index in [0.29, 0.717) is 17.5 Å². The molecule has 1 nitrogen and oxygen atoms in total. The number of hydrogen-bond acceptors (Lipinski definition) is 1. The molecule has 0 aromatic heterocycles. The standard InChI is InChI=1S/C28H15F4OP/c29-19-8-12-25(22(31)14-19)34(33,26-13-9-20(30)15-23(26)32)24-11-7-18-5-4-16-2-1-3-17-6-10-21(24)28(18)27(16)17/h1-15H. The summed E-state index contributed by atoms with van der Waals surface area (Å²) in [6.45, 7) is 0. The molecule has 0 N–H and O–H groups in total. The van der Waals surface area contributed by atoms with Crippen molar-refractivity contribution in [2.45, 2.75) is 0 Å². The molecule has 0 heterocycles. The maximum atomic E-state index is 15.1. The Morgan fingerprint density at radius 1 is 0.500 bits per heavy atom. The number of halogens is 4. The van der Waals surface area contributed by atoms with Gasteiger partial charge >= 0.3 is 0 Å². The Bertz CT molecular complexity index is 1720. The van der Waals surface area contributed by atoms with Gasteiger partial charge in [-0.05, 0) is 62.6 Å². The molecule has 166 valence electrons. The van der Waals surface area contributed by atoms with E-state index < -0.39 is 30.4 Å². The Morgan fingerprint density at radius 3 is 1.53 bits per heavy atom. The second kappa shape index (κ2) is 7.41. The first-order valence-electron chi connectivity index (χ1n) is 10.6. The van der Waals surface area contributed by atoms with Gasteiger partial charge in [-0.1, -0.05) is 48.5 Å². The molecule has 0 unspecified atom stereocenters. The molecule has 0 bridgehead atoms. The Kier molecular flexibility index (Phi) is 4.55. The lowest BCUT2D eigenvalue weighted by Gasteiger charge is -2.24. The second-order valence-electron chi connectivity index (χ2n) is 8.24. The smallest absolute Gasteiger partial charge is 0.177 e. The molecule has 0 fully saturated rings. The van der Waals surface area contributed by atoms with Crippen molar-refractivity contribution in [3.05, 3.63) is 114 Å². The SMILES string of the molecule is O=P(c1ccc(F)cc1F)(c1ccc(F)cc1F)c1ccc2ccc3cccc4ccc1c2c34. The molecule has 0 radical (unpaired) electrons. The predicted octanol–water partition coefficient (Wildman–Crippen LogP) is 6.78. The van der Waals surface area contributed by atoms with Crippen LogP contribution in [0.2, 0.25) is 0 Å². The van der Waals surface area contributed by atoms with E-state index in [1.54, 1.807) is 18.2 Å². The minimum Gasteiger partial charge on any atom is -0.308 e. The topological polar surface area (TPSA) is 17.1 Å². The fourth-order valence-electron chi connectivity index (χ4n) is 4.86. The van der Waals surface area contributed by atoms with Crippen LogP contribution < -0.4 is 15.9 Å². The van der Waals surface area contributed by atoms with Crippen molar-refractivity contribution >= 4 is 55.4 Å². The van der Waals surface area contributed by atoms with Gasteiger partial charge < -0.3 is 4.57 Å². The van der Waals surface area contributed by atoms with Crippen LogP contribution in [-0.4, -0.2) is 0 Å². The summed E-state index contributed by atoms with van der Waals surface area (Å²) in [4.78, 5) is 0. The summed E-state index contributed by atoms with van der Waals surface area (Å²) < 4.78 is 72.6. The number of hydrogen-bond donors (Lipinski definition) is 0. The van der Waals surface area contributed by atoms with Crippen LogP contribution in [-0.2, 0) is 4.57 Å². The minimum atomic E-state index is -4.23. The summed E-state index contributed by atoms with van der Waals surface area (Å²) in [5.74, 6) is -3.80. The zero-order valence-corrected chi connectivity index (χ0v) is 18.4. The zero-order chi connectivity index (χ0) is 23.6. The summed E-state index contributed by atoms with van der Waals surface area (Å²) in [5, 5.41) is 4.69. The van der Waals surface area contributed by atoms with Crippen molar-refractivity contribution < 1.29 is 22.1 Å². The first-order valence-corrected chi connectivity index (χ1v) is 12.3. The molecule has 0 saturated carbocycles. The quantitative estimate of drug-likeness (QED) is 0.157. The van der Waals surface area contributed by atoms with E-state index in [1.807, 2.05) is 36.4 Å². The van der Waals surface area contributed by atoms with E-state index >= 15 is 8.78 Å². The lowest BCUT2D eigenvalue weighted by molar-refractivity contribution is 0.575. The summed E-state index contributed by atoms with van der Waals surface area (Å²) >= 11 is 0. The predicted molar refractivity (Wildman–Crippen MR) is 129 cm³/mol. The molecule has 0 aliphatic carbocycles. The van der Waals surface area contributed by atoms with Gasteiger partial charge in [-0.25, -0.2) is 17.6 Å². The lowest BCUT2D eigenvalue weighted by Crippen LogP contribution is -2.29. The van der Waals surface area contributed by atoms with E-state index in [4.69, 9.17) is 0 Å². The molecule has 6 rings (SSSR count). The molecule has 0 spiro atoms. The molecule has 0 aliphatic rings. The van der Waals surface area contributed by atoms with Crippen LogP contribution in [0.5, 0.6) is 0 Å². The largest absolute Gasteiger partial charge is 0.308 e. The first kappa shape index (κ1) is 20.9. The van der Waals surface area contributed by atoms with Gasteiger partial charge in [0.1, 0.15) is 23.3 Å². The number of rotatable bonds is 3. The summed E-state index contributed by atoms with van der Waals surface area (Å²) in [5.41, 5.74) is 0.